The van der Waals surface area contributed by atoms with Crippen LogP contribution in [0.5, 0.6) is 0 Å². The molecule has 0 bridgehead atoms. The smallest absolute Gasteiger partial charge is 0.138 e. The quantitative estimate of drug-likeness (QED) is 0.616. The number of hydrogen-bond donors (Lipinski definition) is 1. The van der Waals surface area contributed by atoms with Crippen LogP contribution in [0.1, 0.15) is 38.1 Å². The van der Waals surface area contributed by atoms with E-state index in [1.165, 1.54) is 19.3 Å². The van der Waals surface area contributed by atoms with Gasteiger partial charge in [-0.2, -0.15) is 10.4 Å². The van der Waals surface area contributed by atoms with Crippen LogP contribution in [0.3, 0.4) is 0 Å². The van der Waals surface area contributed by atoms with E-state index in [-0.39, 0.29) is 0 Å². The fourth-order valence-corrected chi connectivity index (χ4v) is 2.50. The van der Waals surface area contributed by atoms with Crippen LogP contribution in [0.25, 0.3) is 0 Å². The highest BCUT2D eigenvalue weighted by Gasteiger charge is 2.19. The fraction of sp³-hybridized carbons (Fsp3) is 0.600. The number of nitriles is 1. The zero-order valence-corrected chi connectivity index (χ0v) is 9.33. The van der Waals surface area contributed by atoms with Crippen molar-refractivity contribution in [1.82, 2.24) is 9.78 Å². The summed E-state index contributed by atoms with van der Waals surface area (Å²) < 4.78 is 1.89. The monoisotopic (exact) mass is 222 g/mol. The Kier molecular flexibility index (Phi) is 3.17. The van der Waals surface area contributed by atoms with Gasteiger partial charge in [-0.05, 0) is 24.6 Å². The third-order valence-electron chi connectivity index (χ3n) is 2.87. The number of nitrogens with two attached hydrogens (primary N) is 1. The molecule has 1 heterocycles. The maximum Gasteiger partial charge on any atom is 0.138 e. The zero-order valence-electron chi connectivity index (χ0n) is 8.52. The molecule has 0 aliphatic heterocycles. The van der Waals surface area contributed by atoms with Gasteiger partial charge in [-0.25, -0.2) is 4.68 Å². The van der Waals surface area contributed by atoms with Gasteiger partial charge in [0.25, 0.3) is 0 Å². The van der Waals surface area contributed by atoms with Crippen LogP contribution in [0, 0.1) is 10.7 Å². The van der Waals surface area contributed by atoms with E-state index >= 15 is 0 Å². The predicted molar refractivity (Wildman–Crippen MR) is 60.2 cm³/mol. The summed E-state index contributed by atoms with van der Waals surface area (Å²) in [5, 5.41) is 14.9. The minimum Gasteiger partial charge on any atom is -0.383 e. The molecule has 0 radical (unpaired) electrons. The van der Waals surface area contributed by atoms with Crippen molar-refractivity contribution in [3.05, 3.63) is 6.20 Å². The van der Waals surface area contributed by atoms with Crippen LogP contribution in [0.4, 0.5) is 5.82 Å². The predicted octanol–water partition coefficient (Wildman–Crippen LogP) is 2.54. The number of nitrogens with zero attached hydrogens (tertiary/aromatic N) is 3. The lowest BCUT2D eigenvalue weighted by Crippen LogP contribution is -2.16. The second-order valence-corrected chi connectivity index (χ2v) is 4.65. The molecule has 0 spiro atoms. The number of thioether (sulfide) groups is 1. The van der Waals surface area contributed by atoms with E-state index < -0.39 is 0 Å². The Hall–Kier alpha value is -1.15. The van der Waals surface area contributed by atoms with Crippen LogP contribution in [-0.4, -0.2) is 9.78 Å². The SMILES string of the molecule is N#CSc1cnn(C2CCCCC2)c1N. The lowest BCUT2D eigenvalue weighted by molar-refractivity contribution is 0.333. The molecular formula is C10H14N4S. The van der Waals surface area contributed by atoms with Crippen molar-refractivity contribution in [3.8, 4) is 5.40 Å². The highest BCUT2D eigenvalue weighted by atomic mass is 32.2. The summed E-state index contributed by atoms with van der Waals surface area (Å²) in [4.78, 5) is 0.781. The third-order valence-corrected chi connectivity index (χ3v) is 3.50. The van der Waals surface area contributed by atoms with Crippen molar-refractivity contribution < 1.29 is 0 Å². The number of hydrogen-bond acceptors (Lipinski definition) is 4. The summed E-state index contributed by atoms with van der Waals surface area (Å²) in [6, 6.07) is 0.437. The molecule has 0 amide bonds. The van der Waals surface area contributed by atoms with Gasteiger partial charge in [-0.1, -0.05) is 19.3 Å². The van der Waals surface area contributed by atoms with E-state index in [1.54, 1.807) is 6.20 Å². The molecule has 15 heavy (non-hydrogen) atoms. The topological polar surface area (TPSA) is 67.6 Å². The lowest BCUT2D eigenvalue weighted by atomic mass is 9.96. The minimum absolute atomic E-state index is 0.437. The van der Waals surface area contributed by atoms with Gasteiger partial charge in [0.1, 0.15) is 11.2 Å². The summed E-state index contributed by atoms with van der Waals surface area (Å²) in [7, 11) is 0. The third kappa shape index (κ3) is 2.10. The summed E-state index contributed by atoms with van der Waals surface area (Å²) in [6.45, 7) is 0. The minimum atomic E-state index is 0.437. The first-order chi connectivity index (χ1) is 7.33. The number of thiocyanates is 1. The van der Waals surface area contributed by atoms with Crippen molar-refractivity contribution in [2.24, 2.45) is 0 Å². The number of rotatable bonds is 2. The average molecular weight is 222 g/mol. The first-order valence-corrected chi connectivity index (χ1v) is 6.03. The van der Waals surface area contributed by atoms with E-state index in [2.05, 4.69) is 5.10 Å². The second kappa shape index (κ2) is 4.58. The maximum absolute atomic E-state index is 8.58. The Bertz CT molecular complexity index is 373. The number of anilines is 1. The molecule has 2 N–H and O–H groups in total. The van der Waals surface area contributed by atoms with E-state index in [1.807, 2.05) is 10.1 Å². The van der Waals surface area contributed by atoms with E-state index in [4.69, 9.17) is 11.0 Å². The summed E-state index contributed by atoms with van der Waals surface area (Å²) >= 11 is 1.08. The number of nitrogen functional groups attached to an aromatic ring is 1. The molecule has 0 atom stereocenters. The highest BCUT2D eigenvalue weighted by molar-refractivity contribution is 8.03. The second-order valence-electron chi connectivity index (χ2n) is 3.82. The Morgan fingerprint density at radius 1 is 1.47 bits per heavy atom. The molecule has 2 rings (SSSR count). The normalized spacial score (nSPS) is 17.5. The molecule has 0 saturated heterocycles. The molecule has 5 heteroatoms. The van der Waals surface area contributed by atoms with Crippen molar-refractivity contribution >= 4 is 17.6 Å². The first kappa shape index (κ1) is 10.4. The van der Waals surface area contributed by atoms with E-state index in [0.717, 1.165) is 29.5 Å². The molecule has 1 aromatic rings. The molecule has 1 fully saturated rings. The van der Waals surface area contributed by atoms with Crippen molar-refractivity contribution in [2.45, 2.75) is 43.0 Å². The van der Waals surface area contributed by atoms with Gasteiger partial charge >= 0.3 is 0 Å². The standard InChI is InChI=1S/C10H14N4S/c11-7-15-9-6-13-14(10(9)12)8-4-2-1-3-5-8/h6,8H,1-5,12H2. The molecule has 0 unspecified atom stereocenters. The molecule has 1 aliphatic rings. The van der Waals surface area contributed by atoms with E-state index in [9.17, 15) is 0 Å². The Morgan fingerprint density at radius 2 is 2.20 bits per heavy atom. The molecule has 1 aromatic heterocycles. The van der Waals surface area contributed by atoms with Crippen LogP contribution in [-0.2, 0) is 0 Å². The summed E-state index contributed by atoms with van der Waals surface area (Å²) in [5.41, 5.74) is 5.95. The van der Waals surface area contributed by atoms with Crippen LogP contribution in [0.15, 0.2) is 11.1 Å². The van der Waals surface area contributed by atoms with E-state index in [0.29, 0.717) is 11.9 Å². The maximum atomic E-state index is 8.58. The number of aromatic nitrogens is 2. The molecular weight excluding hydrogens is 208 g/mol. The van der Waals surface area contributed by atoms with Gasteiger partial charge in [0.15, 0.2) is 0 Å². The molecule has 1 saturated carbocycles. The zero-order chi connectivity index (χ0) is 10.7. The highest BCUT2D eigenvalue weighted by Crippen LogP contribution is 2.32. The average Bonchev–Trinajstić information content (AvgIpc) is 2.63. The molecule has 1 aliphatic carbocycles. The lowest BCUT2D eigenvalue weighted by Gasteiger charge is -2.22. The van der Waals surface area contributed by atoms with Gasteiger partial charge in [-0.3, -0.25) is 0 Å². The van der Waals surface area contributed by atoms with Gasteiger partial charge in [0.05, 0.1) is 17.1 Å². The van der Waals surface area contributed by atoms with Crippen molar-refractivity contribution in [2.75, 3.05) is 5.73 Å². The van der Waals surface area contributed by atoms with Crippen LogP contribution >= 0.6 is 11.8 Å². The Labute approximate surface area is 93.4 Å². The van der Waals surface area contributed by atoms with Crippen LogP contribution in [0.2, 0.25) is 0 Å². The Balaban J connectivity index is 2.17. The summed E-state index contributed by atoms with van der Waals surface area (Å²) in [5.74, 6) is 0.647. The van der Waals surface area contributed by atoms with Crippen molar-refractivity contribution in [1.29, 1.82) is 5.26 Å². The molecule has 0 aromatic carbocycles. The van der Waals surface area contributed by atoms with Gasteiger partial charge < -0.3 is 5.73 Å². The molecule has 80 valence electrons. The summed E-state index contributed by atoms with van der Waals surface area (Å²) in [6.07, 6.45) is 7.83. The van der Waals surface area contributed by atoms with Crippen molar-refractivity contribution in [3.63, 3.8) is 0 Å². The fourth-order valence-electron chi connectivity index (χ4n) is 2.10. The van der Waals surface area contributed by atoms with Gasteiger partial charge in [0.2, 0.25) is 0 Å². The largest absolute Gasteiger partial charge is 0.383 e. The van der Waals surface area contributed by atoms with Gasteiger partial charge in [-0.15, -0.1) is 0 Å². The first-order valence-electron chi connectivity index (χ1n) is 5.22. The van der Waals surface area contributed by atoms with Crippen LogP contribution < -0.4 is 5.73 Å². The molecule has 4 nitrogen and oxygen atoms in total. The Morgan fingerprint density at radius 3 is 2.87 bits per heavy atom. The van der Waals surface area contributed by atoms with Gasteiger partial charge in [0, 0.05) is 0 Å².